The van der Waals surface area contributed by atoms with Crippen molar-refractivity contribution < 1.29 is 4.79 Å². The lowest BCUT2D eigenvalue weighted by Gasteiger charge is -2.13. The fourth-order valence-corrected chi connectivity index (χ4v) is 2.62. The Morgan fingerprint density at radius 3 is 3.12 bits per heavy atom. The van der Waals surface area contributed by atoms with Gasteiger partial charge in [-0.05, 0) is 17.7 Å². The molecule has 5 heteroatoms. The second kappa shape index (κ2) is 3.85. The highest BCUT2D eigenvalue weighted by atomic mass is 32.1. The first-order valence-electron chi connectivity index (χ1n) is 5.29. The van der Waals surface area contributed by atoms with Gasteiger partial charge < -0.3 is 10.6 Å². The summed E-state index contributed by atoms with van der Waals surface area (Å²) in [5, 5.41) is 0. The zero-order valence-corrected chi connectivity index (χ0v) is 9.91. The summed E-state index contributed by atoms with van der Waals surface area (Å²) in [6, 6.07) is 5.52. The number of aromatic nitrogens is 1. The summed E-state index contributed by atoms with van der Waals surface area (Å²) in [7, 11) is 0. The zero-order valence-electron chi connectivity index (χ0n) is 9.09. The molecular weight excluding hydrogens is 234 g/mol. The highest BCUT2D eigenvalue weighted by Crippen LogP contribution is 2.26. The van der Waals surface area contributed by atoms with E-state index in [1.165, 1.54) is 0 Å². The Hall–Kier alpha value is -1.88. The van der Waals surface area contributed by atoms with Crippen LogP contribution in [0.4, 0.5) is 5.69 Å². The second-order valence-electron chi connectivity index (χ2n) is 4.05. The highest BCUT2D eigenvalue weighted by Gasteiger charge is 2.27. The van der Waals surface area contributed by atoms with Gasteiger partial charge in [0, 0.05) is 28.9 Å². The van der Waals surface area contributed by atoms with E-state index < -0.39 is 0 Å². The van der Waals surface area contributed by atoms with Crippen molar-refractivity contribution in [3.05, 3.63) is 45.9 Å². The summed E-state index contributed by atoms with van der Waals surface area (Å²) in [5.74, 6) is 0.0562. The topological polar surface area (TPSA) is 59.2 Å². The molecule has 1 aliphatic heterocycles. The molecule has 2 N–H and O–H groups in total. The zero-order chi connectivity index (χ0) is 11.8. The summed E-state index contributed by atoms with van der Waals surface area (Å²) in [6.07, 6.45) is 1.80. The van der Waals surface area contributed by atoms with Gasteiger partial charge in [0.25, 0.3) is 5.91 Å². The first-order valence-corrected chi connectivity index (χ1v) is 6.17. The van der Waals surface area contributed by atoms with Crippen LogP contribution in [0.25, 0.3) is 0 Å². The molecule has 0 radical (unpaired) electrons. The molecule has 0 atom stereocenters. The van der Waals surface area contributed by atoms with Crippen LogP contribution < -0.4 is 5.73 Å². The van der Waals surface area contributed by atoms with E-state index in [9.17, 15) is 4.79 Å². The van der Waals surface area contributed by atoms with Gasteiger partial charge in [-0.15, -0.1) is 11.3 Å². The number of anilines is 1. The van der Waals surface area contributed by atoms with Crippen LogP contribution >= 0.6 is 11.3 Å². The lowest BCUT2D eigenvalue weighted by atomic mass is 10.1. The molecule has 1 aromatic heterocycles. The molecule has 4 nitrogen and oxygen atoms in total. The molecule has 17 heavy (non-hydrogen) atoms. The molecule has 0 spiro atoms. The van der Waals surface area contributed by atoms with Crippen molar-refractivity contribution in [2.24, 2.45) is 0 Å². The molecule has 1 amide bonds. The third-order valence-electron chi connectivity index (χ3n) is 2.84. The average molecular weight is 245 g/mol. The van der Waals surface area contributed by atoms with Crippen LogP contribution in [0.1, 0.15) is 20.8 Å². The molecule has 0 saturated heterocycles. The van der Waals surface area contributed by atoms with Crippen LogP contribution in [0.5, 0.6) is 0 Å². The van der Waals surface area contributed by atoms with E-state index in [1.807, 2.05) is 17.0 Å². The molecule has 86 valence electrons. The molecule has 3 rings (SSSR count). The van der Waals surface area contributed by atoms with Gasteiger partial charge in [0.15, 0.2) is 0 Å². The van der Waals surface area contributed by atoms with Gasteiger partial charge in [-0.3, -0.25) is 9.78 Å². The second-order valence-corrected chi connectivity index (χ2v) is 5.02. The smallest absolute Gasteiger partial charge is 0.254 e. The lowest BCUT2D eigenvalue weighted by Crippen LogP contribution is -2.22. The number of carbonyl (C=O) groups excluding carboxylic acids is 1. The Kier molecular flexibility index (Phi) is 2.33. The standard InChI is InChI=1S/C12H11N3OS/c13-9-2-1-8-5-15(12(16)11(8)3-9)6-10-4-14-7-17-10/h1-4,7H,5-6,13H2. The van der Waals surface area contributed by atoms with Crippen molar-refractivity contribution in [3.8, 4) is 0 Å². The number of nitrogens with zero attached hydrogens (tertiary/aromatic N) is 2. The van der Waals surface area contributed by atoms with E-state index in [1.54, 1.807) is 29.1 Å². The van der Waals surface area contributed by atoms with E-state index >= 15 is 0 Å². The summed E-state index contributed by atoms with van der Waals surface area (Å²) >= 11 is 1.56. The predicted octanol–water partition coefficient (Wildman–Crippen LogP) is 1.88. The number of carbonyl (C=O) groups is 1. The third kappa shape index (κ3) is 1.78. The summed E-state index contributed by atoms with van der Waals surface area (Å²) in [6.45, 7) is 1.28. The Bertz CT molecular complexity index is 565. The maximum absolute atomic E-state index is 12.1. The van der Waals surface area contributed by atoms with E-state index in [0.717, 1.165) is 16.0 Å². The minimum atomic E-state index is 0.0562. The monoisotopic (exact) mass is 245 g/mol. The van der Waals surface area contributed by atoms with E-state index in [-0.39, 0.29) is 5.91 Å². The van der Waals surface area contributed by atoms with Crippen LogP contribution in [0.2, 0.25) is 0 Å². The van der Waals surface area contributed by atoms with Gasteiger partial charge >= 0.3 is 0 Å². The number of nitrogen functional groups attached to an aromatic ring is 1. The Labute approximate surface area is 103 Å². The van der Waals surface area contributed by atoms with E-state index in [2.05, 4.69) is 4.98 Å². The van der Waals surface area contributed by atoms with E-state index in [4.69, 9.17) is 5.73 Å². The fraction of sp³-hybridized carbons (Fsp3) is 0.167. The number of amides is 1. The van der Waals surface area contributed by atoms with Crippen LogP contribution in [0.15, 0.2) is 29.9 Å². The normalized spacial score (nSPS) is 14.1. The molecule has 2 heterocycles. The maximum atomic E-state index is 12.1. The molecule has 1 aliphatic rings. The molecule has 0 saturated carbocycles. The van der Waals surface area contributed by atoms with Crippen molar-refractivity contribution >= 4 is 22.9 Å². The van der Waals surface area contributed by atoms with Gasteiger partial charge in [-0.2, -0.15) is 0 Å². The van der Waals surface area contributed by atoms with Crippen molar-refractivity contribution in [2.45, 2.75) is 13.1 Å². The summed E-state index contributed by atoms with van der Waals surface area (Å²) in [4.78, 5) is 19.1. The van der Waals surface area contributed by atoms with Gasteiger partial charge in [0.05, 0.1) is 12.1 Å². The lowest BCUT2D eigenvalue weighted by molar-refractivity contribution is 0.0768. The number of hydrogen-bond acceptors (Lipinski definition) is 4. The fourth-order valence-electron chi connectivity index (χ4n) is 2.01. The number of nitrogens with two attached hydrogens (primary N) is 1. The predicted molar refractivity (Wildman–Crippen MR) is 66.5 cm³/mol. The van der Waals surface area contributed by atoms with Gasteiger partial charge in [0.2, 0.25) is 0 Å². The van der Waals surface area contributed by atoms with Crippen molar-refractivity contribution in [1.29, 1.82) is 0 Å². The first kappa shape index (κ1) is 10.3. The molecule has 0 bridgehead atoms. The molecule has 0 unspecified atom stereocenters. The van der Waals surface area contributed by atoms with Crippen molar-refractivity contribution in [3.63, 3.8) is 0 Å². The van der Waals surface area contributed by atoms with Crippen molar-refractivity contribution in [1.82, 2.24) is 9.88 Å². The van der Waals surface area contributed by atoms with Crippen LogP contribution in [0.3, 0.4) is 0 Å². The van der Waals surface area contributed by atoms with Crippen molar-refractivity contribution in [2.75, 3.05) is 5.73 Å². The highest BCUT2D eigenvalue weighted by molar-refractivity contribution is 7.09. The Morgan fingerprint density at radius 2 is 2.35 bits per heavy atom. The van der Waals surface area contributed by atoms with Crippen LogP contribution in [-0.4, -0.2) is 15.8 Å². The molecule has 0 aliphatic carbocycles. The molecule has 2 aromatic rings. The number of rotatable bonds is 2. The van der Waals surface area contributed by atoms with Crippen LogP contribution in [0, 0.1) is 0 Å². The maximum Gasteiger partial charge on any atom is 0.254 e. The Balaban J connectivity index is 1.86. The minimum absolute atomic E-state index is 0.0562. The first-order chi connectivity index (χ1) is 8.24. The summed E-state index contributed by atoms with van der Waals surface area (Å²) in [5.41, 5.74) is 9.89. The molecule has 1 aromatic carbocycles. The number of thiazole rings is 1. The Morgan fingerprint density at radius 1 is 1.47 bits per heavy atom. The SMILES string of the molecule is Nc1ccc2c(c1)C(=O)N(Cc1cncs1)C2. The van der Waals surface area contributed by atoms with E-state index in [0.29, 0.717) is 18.8 Å². The quantitative estimate of drug-likeness (QED) is 0.822. The third-order valence-corrected chi connectivity index (χ3v) is 3.61. The largest absolute Gasteiger partial charge is 0.399 e. The number of fused-ring (bicyclic) bond motifs is 1. The van der Waals surface area contributed by atoms with Gasteiger partial charge in [0.1, 0.15) is 0 Å². The summed E-state index contributed by atoms with van der Waals surface area (Å²) < 4.78 is 0. The number of hydrogen-bond donors (Lipinski definition) is 1. The number of benzene rings is 1. The average Bonchev–Trinajstić information content (AvgIpc) is 2.91. The van der Waals surface area contributed by atoms with Gasteiger partial charge in [-0.1, -0.05) is 6.07 Å². The van der Waals surface area contributed by atoms with Crippen LogP contribution in [-0.2, 0) is 13.1 Å². The van der Waals surface area contributed by atoms with Gasteiger partial charge in [-0.25, -0.2) is 0 Å². The minimum Gasteiger partial charge on any atom is -0.399 e. The molecular formula is C12H11N3OS. The molecule has 0 fully saturated rings.